The molecular formula is C16H16N4O2. The second-order valence-electron chi connectivity index (χ2n) is 4.51. The molecule has 6 heteroatoms. The number of hydrogen-bond donors (Lipinski definition) is 2. The normalized spacial score (nSPS) is 10.4. The Morgan fingerprint density at radius 3 is 2.50 bits per heavy atom. The maximum absolute atomic E-state index is 11.6. The van der Waals surface area contributed by atoms with Crippen molar-refractivity contribution in [1.29, 1.82) is 0 Å². The quantitative estimate of drug-likeness (QED) is 0.478. The van der Waals surface area contributed by atoms with Crippen LogP contribution in [0.2, 0.25) is 0 Å². The number of hydrogen-bond acceptors (Lipinski definition) is 4. The lowest BCUT2D eigenvalue weighted by Crippen LogP contribution is -2.29. The summed E-state index contributed by atoms with van der Waals surface area (Å²) >= 11 is 0. The summed E-state index contributed by atoms with van der Waals surface area (Å²) in [6.07, 6.45) is 4.47. The molecule has 22 heavy (non-hydrogen) atoms. The first kappa shape index (κ1) is 15.4. The van der Waals surface area contributed by atoms with Gasteiger partial charge in [-0.1, -0.05) is 30.3 Å². The fourth-order valence-electron chi connectivity index (χ4n) is 1.67. The molecule has 2 aromatic rings. The van der Waals surface area contributed by atoms with Crippen molar-refractivity contribution in [2.75, 3.05) is 0 Å². The molecule has 0 spiro atoms. The van der Waals surface area contributed by atoms with Crippen molar-refractivity contribution in [3.05, 3.63) is 66.0 Å². The highest BCUT2D eigenvalue weighted by Crippen LogP contribution is 1.97. The first-order valence-electron chi connectivity index (χ1n) is 6.76. The van der Waals surface area contributed by atoms with Crippen LogP contribution in [0.5, 0.6) is 0 Å². The van der Waals surface area contributed by atoms with E-state index in [2.05, 4.69) is 20.8 Å². The molecule has 0 fully saturated rings. The molecule has 2 amide bonds. The van der Waals surface area contributed by atoms with Gasteiger partial charge < -0.3 is 5.32 Å². The number of nitrogens with one attached hydrogen (secondary N) is 2. The standard InChI is InChI=1S/C16H16N4O2/c21-15(18-11-13-4-2-1-3-5-13)10-16(22)20-19-12-14-6-8-17-9-7-14/h1-9,12H,10-11H2,(H,18,21)(H,20,22)/b19-12+. The molecule has 0 bridgehead atoms. The summed E-state index contributed by atoms with van der Waals surface area (Å²) < 4.78 is 0. The Bertz CT molecular complexity index is 642. The fraction of sp³-hybridized carbons (Fsp3) is 0.125. The van der Waals surface area contributed by atoms with Gasteiger partial charge in [0.1, 0.15) is 6.42 Å². The van der Waals surface area contributed by atoms with Gasteiger partial charge in [0.25, 0.3) is 0 Å². The summed E-state index contributed by atoms with van der Waals surface area (Å²) in [4.78, 5) is 27.1. The lowest BCUT2D eigenvalue weighted by molar-refractivity contribution is -0.129. The van der Waals surface area contributed by atoms with Gasteiger partial charge in [-0.25, -0.2) is 5.43 Å². The van der Waals surface area contributed by atoms with Gasteiger partial charge >= 0.3 is 0 Å². The highest BCUT2D eigenvalue weighted by atomic mass is 16.2. The highest BCUT2D eigenvalue weighted by Gasteiger charge is 2.07. The summed E-state index contributed by atoms with van der Waals surface area (Å²) in [5, 5.41) is 6.46. The average Bonchev–Trinajstić information content (AvgIpc) is 2.55. The average molecular weight is 296 g/mol. The molecule has 0 aliphatic rings. The van der Waals surface area contributed by atoms with Crippen LogP contribution < -0.4 is 10.7 Å². The third-order valence-corrected chi connectivity index (χ3v) is 2.76. The van der Waals surface area contributed by atoms with Crippen LogP contribution in [0, 0.1) is 0 Å². The Morgan fingerprint density at radius 2 is 1.77 bits per heavy atom. The van der Waals surface area contributed by atoms with Crippen LogP contribution in [0.25, 0.3) is 0 Å². The molecule has 0 saturated carbocycles. The van der Waals surface area contributed by atoms with Crippen LogP contribution in [0.4, 0.5) is 0 Å². The molecule has 1 aromatic heterocycles. The van der Waals surface area contributed by atoms with Crippen molar-refractivity contribution in [3.8, 4) is 0 Å². The van der Waals surface area contributed by atoms with Crippen molar-refractivity contribution in [3.63, 3.8) is 0 Å². The predicted molar refractivity (Wildman–Crippen MR) is 82.9 cm³/mol. The van der Waals surface area contributed by atoms with Crippen molar-refractivity contribution >= 4 is 18.0 Å². The number of benzene rings is 1. The minimum atomic E-state index is -0.462. The van der Waals surface area contributed by atoms with Crippen LogP contribution in [0.3, 0.4) is 0 Å². The number of hydrazone groups is 1. The van der Waals surface area contributed by atoms with Gasteiger partial charge in [-0.2, -0.15) is 5.10 Å². The number of rotatable bonds is 6. The van der Waals surface area contributed by atoms with E-state index in [9.17, 15) is 9.59 Å². The molecule has 0 saturated heterocycles. The summed E-state index contributed by atoms with van der Waals surface area (Å²) in [5.41, 5.74) is 4.10. The first-order valence-corrected chi connectivity index (χ1v) is 6.76. The Labute approximate surface area is 128 Å². The molecule has 0 atom stereocenters. The van der Waals surface area contributed by atoms with Crippen LogP contribution >= 0.6 is 0 Å². The molecule has 112 valence electrons. The molecule has 2 rings (SSSR count). The number of carbonyl (C=O) groups is 2. The topological polar surface area (TPSA) is 83.5 Å². The molecule has 1 aromatic carbocycles. The summed E-state index contributed by atoms with van der Waals surface area (Å²) in [7, 11) is 0. The zero-order valence-corrected chi connectivity index (χ0v) is 11.9. The minimum absolute atomic E-state index is 0.263. The Kier molecular flexibility index (Phi) is 5.80. The Hall–Kier alpha value is -3.02. The van der Waals surface area contributed by atoms with E-state index in [-0.39, 0.29) is 12.3 Å². The number of carbonyl (C=O) groups excluding carboxylic acids is 2. The second kappa shape index (κ2) is 8.31. The van der Waals surface area contributed by atoms with Gasteiger partial charge in [0.2, 0.25) is 11.8 Å². The Morgan fingerprint density at radius 1 is 1.05 bits per heavy atom. The predicted octanol–water partition coefficient (Wildman–Crippen LogP) is 1.24. The van der Waals surface area contributed by atoms with Crippen molar-refractivity contribution in [1.82, 2.24) is 15.7 Å². The van der Waals surface area contributed by atoms with E-state index in [0.29, 0.717) is 6.54 Å². The molecular weight excluding hydrogens is 280 g/mol. The van der Waals surface area contributed by atoms with E-state index in [1.807, 2.05) is 30.3 Å². The summed E-state index contributed by atoms with van der Waals surface area (Å²) in [5.74, 6) is -0.809. The number of aromatic nitrogens is 1. The minimum Gasteiger partial charge on any atom is -0.352 e. The number of pyridine rings is 1. The van der Waals surface area contributed by atoms with E-state index >= 15 is 0 Å². The van der Waals surface area contributed by atoms with Crippen LogP contribution in [0.15, 0.2) is 60.0 Å². The van der Waals surface area contributed by atoms with Crippen LogP contribution in [-0.2, 0) is 16.1 Å². The van der Waals surface area contributed by atoms with Gasteiger partial charge in [0.05, 0.1) is 6.21 Å². The van der Waals surface area contributed by atoms with Crippen molar-refractivity contribution in [2.24, 2.45) is 5.10 Å². The van der Waals surface area contributed by atoms with E-state index in [4.69, 9.17) is 0 Å². The summed E-state index contributed by atoms with van der Waals surface area (Å²) in [6, 6.07) is 13.0. The van der Waals surface area contributed by atoms with Gasteiger partial charge in [-0.3, -0.25) is 14.6 Å². The fourth-order valence-corrected chi connectivity index (χ4v) is 1.67. The van der Waals surface area contributed by atoms with Gasteiger partial charge in [-0.05, 0) is 23.3 Å². The first-order chi connectivity index (χ1) is 10.7. The Balaban J connectivity index is 1.70. The largest absolute Gasteiger partial charge is 0.352 e. The van der Waals surface area contributed by atoms with E-state index < -0.39 is 5.91 Å². The smallest absolute Gasteiger partial charge is 0.249 e. The second-order valence-corrected chi connectivity index (χ2v) is 4.51. The maximum atomic E-state index is 11.6. The van der Waals surface area contributed by atoms with Crippen molar-refractivity contribution in [2.45, 2.75) is 13.0 Å². The maximum Gasteiger partial charge on any atom is 0.249 e. The molecule has 0 aliphatic carbocycles. The van der Waals surface area contributed by atoms with E-state index in [1.54, 1.807) is 24.5 Å². The monoisotopic (exact) mass is 296 g/mol. The van der Waals surface area contributed by atoms with Gasteiger partial charge in [0, 0.05) is 18.9 Å². The van der Waals surface area contributed by atoms with Crippen molar-refractivity contribution < 1.29 is 9.59 Å². The lowest BCUT2D eigenvalue weighted by Gasteiger charge is -2.04. The van der Waals surface area contributed by atoms with Crippen LogP contribution in [0.1, 0.15) is 17.5 Å². The molecule has 6 nitrogen and oxygen atoms in total. The van der Waals surface area contributed by atoms with E-state index in [0.717, 1.165) is 11.1 Å². The number of amides is 2. The third-order valence-electron chi connectivity index (χ3n) is 2.76. The third kappa shape index (κ3) is 5.54. The highest BCUT2D eigenvalue weighted by molar-refractivity contribution is 5.97. The number of nitrogens with zero attached hydrogens (tertiary/aromatic N) is 2. The SMILES string of the molecule is O=C(CC(=O)N/N=C/c1ccncc1)NCc1ccccc1. The zero-order valence-electron chi connectivity index (χ0n) is 11.9. The zero-order chi connectivity index (χ0) is 15.6. The van der Waals surface area contributed by atoms with Gasteiger partial charge in [-0.15, -0.1) is 0 Å². The summed E-state index contributed by atoms with van der Waals surface area (Å²) in [6.45, 7) is 0.396. The molecule has 0 aliphatic heterocycles. The molecule has 1 heterocycles. The van der Waals surface area contributed by atoms with Gasteiger partial charge in [0.15, 0.2) is 0 Å². The molecule has 0 radical (unpaired) electrons. The van der Waals surface area contributed by atoms with E-state index in [1.165, 1.54) is 6.21 Å². The van der Waals surface area contributed by atoms with Crippen LogP contribution in [-0.4, -0.2) is 23.0 Å². The molecule has 0 unspecified atom stereocenters. The lowest BCUT2D eigenvalue weighted by atomic mass is 10.2. The molecule has 2 N–H and O–H groups in total.